The second-order valence-electron chi connectivity index (χ2n) is 4.37. The normalized spacial score (nSPS) is 20.0. The first-order valence-corrected chi connectivity index (χ1v) is 7.09. The van der Waals surface area contributed by atoms with Gasteiger partial charge in [-0.05, 0) is 29.9 Å². The topological polar surface area (TPSA) is 33.2 Å². The van der Waals surface area contributed by atoms with Gasteiger partial charge in [0.1, 0.15) is 5.82 Å². The quantitative estimate of drug-likeness (QED) is 0.859. The Kier molecular flexibility index (Phi) is 2.99. The first-order chi connectivity index (χ1) is 8.67. The molecule has 0 aliphatic carbocycles. The molecule has 6 heteroatoms. The molecule has 1 aliphatic rings. The molecule has 1 aliphatic heterocycles. The van der Waals surface area contributed by atoms with Gasteiger partial charge in [0.2, 0.25) is 5.91 Å². The van der Waals surface area contributed by atoms with Crippen molar-refractivity contribution in [1.82, 2.24) is 4.98 Å². The Labute approximate surface area is 113 Å². The molecule has 18 heavy (non-hydrogen) atoms. The second kappa shape index (κ2) is 4.51. The van der Waals surface area contributed by atoms with Crippen molar-refractivity contribution in [3.63, 3.8) is 0 Å². The molecular weight excluding hydrogens is 271 g/mol. The number of aromatic nitrogens is 1. The number of hydrogen-bond acceptors (Lipinski definition) is 4. The Morgan fingerprint density at radius 3 is 3.11 bits per heavy atom. The van der Waals surface area contributed by atoms with Gasteiger partial charge in [0.05, 0.1) is 10.2 Å². The van der Waals surface area contributed by atoms with E-state index >= 15 is 0 Å². The first-order valence-electron chi connectivity index (χ1n) is 5.64. The minimum absolute atomic E-state index is 0.0774. The van der Waals surface area contributed by atoms with E-state index in [-0.39, 0.29) is 17.6 Å². The van der Waals surface area contributed by atoms with Crippen molar-refractivity contribution < 1.29 is 9.18 Å². The molecule has 1 unspecified atom stereocenters. The lowest BCUT2D eigenvalue weighted by Gasteiger charge is -2.11. The maximum atomic E-state index is 13.1. The summed E-state index contributed by atoms with van der Waals surface area (Å²) in [5.74, 6) is 0.777. The minimum atomic E-state index is -0.279. The average molecular weight is 282 g/mol. The number of carbonyl (C=O) groups excluding carboxylic acids is 1. The van der Waals surface area contributed by atoms with Crippen LogP contribution < -0.4 is 4.90 Å². The van der Waals surface area contributed by atoms with Crippen LogP contribution in [0.25, 0.3) is 10.2 Å². The van der Waals surface area contributed by atoms with E-state index in [4.69, 9.17) is 0 Å². The Balaban J connectivity index is 1.97. The molecule has 1 amide bonds. The Hall–Kier alpha value is -1.14. The number of hydrogen-bond donors (Lipinski definition) is 1. The maximum absolute atomic E-state index is 13.1. The fourth-order valence-electron chi connectivity index (χ4n) is 2.09. The summed E-state index contributed by atoms with van der Waals surface area (Å²) in [5, 5.41) is 0.657. The molecule has 2 heterocycles. The third-order valence-electron chi connectivity index (χ3n) is 3.03. The monoisotopic (exact) mass is 282 g/mol. The summed E-state index contributed by atoms with van der Waals surface area (Å²) in [6.45, 7) is 0.657. The van der Waals surface area contributed by atoms with E-state index < -0.39 is 0 Å². The molecule has 1 atom stereocenters. The van der Waals surface area contributed by atoms with Crippen LogP contribution in [0, 0.1) is 11.7 Å². The minimum Gasteiger partial charge on any atom is -0.288 e. The first kappa shape index (κ1) is 11.9. The molecule has 0 spiro atoms. The zero-order valence-electron chi connectivity index (χ0n) is 9.47. The highest BCUT2D eigenvalue weighted by molar-refractivity contribution is 7.80. The summed E-state index contributed by atoms with van der Waals surface area (Å²) >= 11 is 5.58. The zero-order valence-corrected chi connectivity index (χ0v) is 11.2. The third-order valence-corrected chi connectivity index (χ3v) is 4.59. The number of benzene rings is 1. The number of amides is 1. The standard InChI is InChI=1S/C12H11FN2OS2/c13-8-1-2-9-10(4-8)18-12(14-9)15-5-7(6-17)3-11(15)16/h1-2,4,7,17H,3,5-6H2. The van der Waals surface area contributed by atoms with Crippen LogP contribution >= 0.6 is 24.0 Å². The van der Waals surface area contributed by atoms with Gasteiger partial charge >= 0.3 is 0 Å². The van der Waals surface area contributed by atoms with Crippen LogP contribution in [0.1, 0.15) is 6.42 Å². The highest BCUT2D eigenvalue weighted by Crippen LogP contribution is 2.33. The molecule has 1 fully saturated rings. The van der Waals surface area contributed by atoms with E-state index in [0.717, 1.165) is 10.2 Å². The number of carbonyl (C=O) groups is 1. The van der Waals surface area contributed by atoms with E-state index in [1.807, 2.05) is 0 Å². The lowest BCUT2D eigenvalue weighted by Crippen LogP contribution is -2.24. The molecule has 2 aromatic rings. The van der Waals surface area contributed by atoms with Crippen LogP contribution in [0.2, 0.25) is 0 Å². The lowest BCUT2D eigenvalue weighted by molar-refractivity contribution is -0.117. The van der Waals surface area contributed by atoms with Gasteiger partial charge in [-0.3, -0.25) is 9.69 Å². The van der Waals surface area contributed by atoms with E-state index in [1.165, 1.54) is 23.5 Å². The molecule has 0 N–H and O–H groups in total. The number of fused-ring (bicyclic) bond motifs is 1. The third kappa shape index (κ3) is 1.99. The highest BCUT2D eigenvalue weighted by atomic mass is 32.1. The van der Waals surface area contributed by atoms with Gasteiger partial charge in [0, 0.05) is 13.0 Å². The van der Waals surface area contributed by atoms with Crippen LogP contribution in [-0.4, -0.2) is 23.2 Å². The van der Waals surface area contributed by atoms with Gasteiger partial charge < -0.3 is 0 Å². The SMILES string of the molecule is O=C1CC(CS)CN1c1nc2ccc(F)cc2s1. The predicted octanol–water partition coefficient (Wildman–Crippen LogP) is 2.72. The van der Waals surface area contributed by atoms with Gasteiger partial charge in [0.15, 0.2) is 5.13 Å². The Morgan fingerprint density at radius 1 is 1.56 bits per heavy atom. The van der Waals surface area contributed by atoms with Crippen LogP contribution in [0.3, 0.4) is 0 Å². The predicted molar refractivity (Wildman–Crippen MR) is 73.9 cm³/mol. The molecule has 0 saturated carbocycles. The molecule has 0 bridgehead atoms. The molecular formula is C12H11FN2OS2. The number of thiol groups is 1. The van der Waals surface area contributed by atoms with Crippen molar-refractivity contribution in [3.05, 3.63) is 24.0 Å². The molecule has 3 nitrogen and oxygen atoms in total. The summed E-state index contributed by atoms with van der Waals surface area (Å²) in [5.41, 5.74) is 0.735. The summed E-state index contributed by atoms with van der Waals surface area (Å²) in [6.07, 6.45) is 0.522. The number of thiazole rings is 1. The maximum Gasteiger partial charge on any atom is 0.229 e. The van der Waals surface area contributed by atoms with Gasteiger partial charge in [-0.25, -0.2) is 9.37 Å². The molecule has 94 valence electrons. The molecule has 3 rings (SSSR count). The zero-order chi connectivity index (χ0) is 12.7. The Bertz CT molecular complexity index is 613. The molecule has 1 saturated heterocycles. The number of halogens is 1. The van der Waals surface area contributed by atoms with Gasteiger partial charge in [-0.1, -0.05) is 11.3 Å². The fourth-order valence-corrected chi connectivity index (χ4v) is 3.35. The van der Waals surface area contributed by atoms with Crippen LogP contribution in [0.15, 0.2) is 18.2 Å². The summed E-state index contributed by atoms with van der Waals surface area (Å²) < 4.78 is 13.9. The van der Waals surface area contributed by atoms with Crippen molar-refractivity contribution in [1.29, 1.82) is 0 Å². The van der Waals surface area contributed by atoms with Crippen molar-refractivity contribution in [2.24, 2.45) is 5.92 Å². The summed E-state index contributed by atoms with van der Waals surface area (Å²) in [7, 11) is 0. The van der Waals surface area contributed by atoms with E-state index in [1.54, 1.807) is 11.0 Å². The van der Waals surface area contributed by atoms with Crippen molar-refractivity contribution >= 4 is 45.2 Å². The van der Waals surface area contributed by atoms with Crippen LogP contribution in [-0.2, 0) is 4.79 Å². The number of nitrogens with zero attached hydrogens (tertiary/aromatic N) is 2. The van der Waals surface area contributed by atoms with E-state index in [9.17, 15) is 9.18 Å². The highest BCUT2D eigenvalue weighted by Gasteiger charge is 2.31. The van der Waals surface area contributed by atoms with Gasteiger partial charge in [-0.2, -0.15) is 12.6 Å². The summed E-state index contributed by atoms with van der Waals surface area (Å²) in [4.78, 5) is 17.9. The second-order valence-corrected chi connectivity index (χ2v) is 5.74. The number of rotatable bonds is 2. The molecule has 0 radical (unpaired) electrons. The van der Waals surface area contributed by atoms with Crippen molar-refractivity contribution in [3.8, 4) is 0 Å². The smallest absolute Gasteiger partial charge is 0.229 e. The Morgan fingerprint density at radius 2 is 2.39 bits per heavy atom. The van der Waals surface area contributed by atoms with Crippen molar-refractivity contribution in [2.75, 3.05) is 17.2 Å². The lowest BCUT2D eigenvalue weighted by atomic mass is 10.1. The van der Waals surface area contributed by atoms with Gasteiger partial charge in [-0.15, -0.1) is 0 Å². The van der Waals surface area contributed by atoms with Crippen LogP contribution in [0.5, 0.6) is 0 Å². The fraction of sp³-hybridized carbons (Fsp3) is 0.333. The van der Waals surface area contributed by atoms with Gasteiger partial charge in [0.25, 0.3) is 0 Å². The summed E-state index contributed by atoms with van der Waals surface area (Å²) in [6, 6.07) is 4.47. The van der Waals surface area contributed by atoms with E-state index in [2.05, 4.69) is 17.6 Å². The number of anilines is 1. The van der Waals surface area contributed by atoms with Crippen LogP contribution in [0.4, 0.5) is 9.52 Å². The largest absolute Gasteiger partial charge is 0.288 e. The molecule has 1 aromatic heterocycles. The molecule has 1 aromatic carbocycles. The van der Waals surface area contributed by atoms with E-state index in [0.29, 0.717) is 23.8 Å². The van der Waals surface area contributed by atoms with Crippen molar-refractivity contribution in [2.45, 2.75) is 6.42 Å². The average Bonchev–Trinajstić information content (AvgIpc) is 2.91.